The first kappa shape index (κ1) is 14.0. The van der Waals surface area contributed by atoms with Crippen molar-refractivity contribution in [1.29, 1.82) is 0 Å². The van der Waals surface area contributed by atoms with Gasteiger partial charge in [-0.05, 0) is 18.2 Å². The molecule has 2 aromatic rings. The second-order valence-corrected chi connectivity index (χ2v) is 3.93. The normalized spacial score (nSPS) is 11.4. The molecule has 0 bridgehead atoms. The van der Waals surface area contributed by atoms with Crippen LogP contribution in [0.4, 0.5) is 17.6 Å². The molecule has 0 aliphatic rings. The number of nitrogens with zero attached hydrogens (tertiary/aromatic N) is 1. The van der Waals surface area contributed by atoms with Gasteiger partial charge >= 0.3 is 12.1 Å². The summed E-state index contributed by atoms with van der Waals surface area (Å²) in [6.45, 7) is 0. The second-order valence-electron chi connectivity index (χ2n) is 3.93. The van der Waals surface area contributed by atoms with Gasteiger partial charge in [-0.15, -0.1) is 0 Å². The largest absolute Gasteiger partial charge is 0.478 e. The molecular formula is C13H7F4NO2. The van der Waals surface area contributed by atoms with Gasteiger partial charge in [-0.3, -0.25) is 4.98 Å². The smallest absolute Gasteiger partial charge is 0.433 e. The topological polar surface area (TPSA) is 50.2 Å². The lowest BCUT2D eigenvalue weighted by molar-refractivity contribution is -0.141. The van der Waals surface area contributed by atoms with Crippen LogP contribution in [0.15, 0.2) is 36.5 Å². The van der Waals surface area contributed by atoms with Crippen molar-refractivity contribution in [1.82, 2.24) is 4.98 Å². The number of rotatable bonds is 2. The van der Waals surface area contributed by atoms with Gasteiger partial charge in [0.05, 0.1) is 5.56 Å². The quantitative estimate of drug-likeness (QED) is 0.858. The highest BCUT2D eigenvalue weighted by atomic mass is 19.4. The highest BCUT2D eigenvalue weighted by Crippen LogP contribution is 2.29. The average molecular weight is 285 g/mol. The number of benzene rings is 1. The van der Waals surface area contributed by atoms with E-state index in [9.17, 15) is 22.4 Å². The molecule has 1 heterocycles. The summed E-state index contributed by atoms with van der Waals surface area (Å²) < 4.78 is 50.7. The first-order chi connectivity index (χ1) is 9.29. The minimum atomic E-state index is -4.57. The number of carboxylic acids is 1. The van der Waals surface area contributed by atoms with Crippen molar-refractivity contribution >= 4 is 5.97 Å². The van der Waals surface area contributed by atoms with Crippen molar-refractivity contribution in [2.24, 2.45) is 0 Å². The van der Waals surface area contributed by atoms with E-state index in [1.807, 2.05) is 0 Å². The average Bonchev–Trinajstić information content (AvgIpc) is 2.37. The molecule has 1 aromatic heterocycles. The summed E-state index contributed by atoms with van der Waals surface area (Å²) in [6, 6.07) is 4.96. The maximum Gasteiger partial charge on any atom is 0.433 e. The first-order valence-electron chi connectivity index (χ1n) is 5.35. The third-order valence-corrected chi connectivity index (χ3v) is 2.58. The highest BCUT2D eigenvalue weighted by molar-refractivity contribution is 5.88. The molecule has 0 saturated carbocycles. The summed E-state index contributed by atoms with van der Waals surface area (Å²) in [4.78, 5) is 13.9. The SMILES string of the molecule is O=C(O)c1ccc(-c2ccc(C(F)(F)F)nc2)c(F)c1. The molecule has 104 valence electrons. The third-order valence-electron chi connectivity index (χ3n) is 2.58. The molecule has 0 aliphatic carbocycles. The fraction of sp³-hybridized carbons (Fsp3) is 0.0769. The van der Waals surface area contributed by atoms with Crippen LogP contribution in [0.1, 0.15) is 16.1 Å². The van der Waals surface area contributed by atoms with Crippen LogP contribution in [0.5, 0.6) is 0 Å². The number of pyridine rings is 1. The van der Waals surface area contributed by atoms with Crippen LogP contribution in [-0.4, -0.2) is 16.1 Å². The van der Waals surface area contributed by atoms with E-state index >= 15 is 0 Å². The number of aromatic nitrogens is 1. The van der Waals surface area contributed by atoms with Crippen molar-refractivity contribution in [2.75, 3.05) is 0 Å². The lowest BCUT2D eigenvalue weighted by Crippen LogP contribution is -2.07. The van der Waals surface area contributed by atoms with Crippen molar-refractivity contribution < 1.29 is 27.5 Å². The van der Waals surface area contributed by atoms with Crippen molar-refractivity contribution in [3.8, 4) is 11.1 Å². The van der Waals surface area contributed by atoms with Crippen LogP contribution in [0.2, 0.25) is 0 Å². The van der Waals surface area contributed by atoms with Crippen molar-refractivity contribution in [2.45, 2.75) is 6.18 Å². The minimum Gasteiger partial charge on any atom is -0.478 e. The second kappa shape index (κ2) is 4.92. The van der Waals surface area contributed by atoms with Gasteiger partial charge in [0.2, 0.25) is 0 Å². The van der Waals surface area contributed by atoms with Crippen LogP contribution in [-0.2, 0) is 6.18 Å². The summed E-state index contributed by atoms with van der Waals surface area (Å²) in [5.41, 5.74) is -1.21. The Bertz CT molecular complexity index is 650. The predicted octanol–water partition coefficient (Wildman–Crippen LogP) is 3.60. The standard InChI is InChI=1S/C13H7F4NO2/c14-10-5-7(12(19)20)1-3-9(10)8-2-4-11(18-6-8)13(15,16)17/h1-6H,(H,19,20). The van der Waals surface area contributed by atoms with Gasteiger partial charge in [0.1, 0.15) is 11.5 Å². The van der Waals surface area contributed by atoms with Gasteiger partial charge in [0, 0.05) is 17.3 Å². The van der Waals surface area contributed by atoms with Crippen molar-refractivity contribution in [3.63, 3.8) is 0 Å². The number of halogens is 4. The van der Waals surface area contributed by atoms with Crippen LogP contribution in [0, 0.1) is 5.82 Å². The Hall–Kier alpha value is -2.44. The molecule has 0 unspecified atom stereocenters. The van der Waals surface area contributed by atoms with Gasteiger partial charge in [0.15, 0.2) is 0 Å². The van der Waals surface area contributed by atoms with Crippen LogP contribution in [0.3, 0.4) is 0 Å². The number of aromatic carboxylic acids is 1. The molecule has 0 fully saturated rings. The van der Waals surface area contributed by atoms with Crippen LogP contribution >= 0.6 is 0 Å². The monoisotopic (exact) mass is 285 g/mol. The van der Waals surface area contributed by atoms with Gasteiger partial charge < -0.3 is 5.11 Å². The lowest BCUT2D eigenvalue weighted by atomic mass is 10.0. The highest BCUT2D eigenvalue weighted by Gasteiger charge is 2.32. The molecule has 3 nitrogen and oxygen atoms in total. The van der Waals surface area contributed by atoms with E-state index in [-0.39, 0.29) is 16.7 Å². The van der Waals surface area contributed by atoms with E-state index in [4.69, 9.17) is 5.11 Å². The Labute approximate surface area is 110 Å². The summed E-state index contributed by atoms with van der Waals surface area (Å²) in [5.74, 6) is -2.13. The summed E-state index contributed by atoms with van der Waals surface area (Å²) in [7, 11) is 0. The Morgan fingerprint density at radius 1 is 1.15 bits per heavy atom. The number of hydrogen-bond acceptors (Lipinski definition) is 2. The van der Waals surface area contributed by atoms with E-state index in [0.717, 1.165) is 24.4 Å². The zero-order chi connectivity index (χ0) is 14.9. The molecule has 0 aliphatic heterocycles. The number of hydrogen-bond donors (Lipinski definition) is 1. The van der Waals surface area contributed by atoms with E-state index in [2.05, 4.69) is 4.98 Å². The maximum atomic E-state index is 13.7. The van der Waals surface area contributed by atoms with E-state index < -0.39 is 23.7 Å². The maximum absolute atomic E-state index is 13.7. The Balaban J connectivity index is 2.40. The molecule has 0 radical (unpaired) electrons. The van der Waals surface area contributed by atoms with Gasteiger partial charge in [-0.2, -0.15) is 13.2 Å². The minimum absolute atomic E-state index is 0.0174. The van der Waals surface area contributed by atoms with Gasteiger partial charge in [0.25, 0.3) is 0 Å². The van der Waals surface area contributed by atoms with E-state index in [1.54, 1.807) is 0 Å². The van der Waals surface area contributed by atoms with E-state index in [0.29, 0.717) is 0 Å². The third kappa shape index (κ3) is 2.76. The molecule has 0 saturated heterocycles. The molecule has 0 atom stereocenters. The molecule has 1 aromatic carbocycles. The summed E-state index contributed by atoms with van der Waals surface area (Å²) in [5, 5.41) is 8.69. The predicted molar refractivity (Wildman–Crippen MR) is 61.6 cm³/mol. The molecule has 0 amide bonds. The molecule has 20 heavy (non-hydrogen) atoms. The van der Waals surface area contributed by atoms with Crippen LogP contribution in [0.25, 0.3) is 11.1 Å². The first-order valence-corrected chi connectivity index (χ1v) is 5.35. The Morgan fingerprint density at radius 2 is 1.85 bits per heavy atom. The number of carboxylic acid groups (broad SMARTS) is 1. The van der Waals surface area contributed by atoms with E-state index in [1.165, 1.54) is 12.1 Å². The molecule has 2 rings (SSSR count). The fourth-order valence-electron chi connectivity index (χ4n) is 1.60. The number of carbonyl (C=O) groups is 1. The van der Waals surface area contributed by atoms with Crippen LogP contribution < -0.4 is 0 Å². The summed E-state index contributed by atoms with van der Waals surface area (Å²) >= 11 is 0. The van der Waals surface area contributed by atoms with Gasteiger partial charge in [-0.25, -0.2) is 9.18 Å². The fourth-order valence-corrected chi connectivity index (χ4v) is 1.60. The molecular weight excluding hydrogens is 278 g/mol. The molecule has 1 N–H and O–H groups in total. The zero-order valence-corrected chi connectivity index (χ0v) is 9.78. The molecule has 0 spiro atoms. The Morgan fingerprint density at radius 3 is 2.30 bits per heavy atom. The zero-order valence-electron chi connectivity index (χ0n) is 9.78. The molecule has 7 heteroatoms. The number of alkyl halides is 3. The Kier molecular flexibility index (Phi) is 3.44. The van der Waals surface area contributed by atoms with Gasteiger partial charge in [-0.1, -0.05) is 12.1 Å². The van der Waals surface area contributed by atoms with Crippen molar-refractivity contribution in [3.05, 3.63) is 53.6 Å². The lowest BCUT2D eigenvalue weighted by Gasteiger charge is -2.07. The summed E-state index contributed by atoms with van der Waals surface area (Å²) in [6.07, 6.45) is -3.67.